The number of thioether (sulfide) groups is 1. The molecule has 1 atom stereocenters. The molecule has 0 aromatic carbocycles. The second-order valence-electron chi connectivity index (χ2n) is 3.07. The van der Waals surface area contributed by atoms with Crippen molar-refractivity contribution in [3.63, 3.8) is 0 Å². The minimum atomic E-state index is 0.560. The Morgan fingerprint density at radius 3 is 2.50 bits per heavy atom. The highest BCUT2D eigenvalue weighted by Gasteiger charge is 2.01. The summed E-state index contributed by atoms with van der Waals surface area (Å²) in [5.41, 5.74) is 1.40. The van der Waals surface area contributed by atoms with E-state index in [4.69, 9.17) is 0 Å². The third-order valence-electron chi connectivity index (χ3n) is 1.50. The normalized spacial score (nSPS) is 12.7. The zero-order chi connectivity index (χ0) is 9.40. The van der Waals surface area contributed by atoms with E-state index in [0.29, 0.717) is 6.04 Å². The van der Waals surface area contributed by atoms with Gasteiger partial charge in [0.1, 0.15) is 0 Å². The molecule has 2 heteroatoms. The Morgan fingerprint density at radius 1 is 1.42 bits per heavy atom. The summed E-state index contributed by atoms with van der Waals surface area (Å²) in [6, 6.07) is 0.560. The molecule has 0 saturated heterocycles. The van der Waals surface area contributed by atoms with Gasteiger partial charge >= 0.3 is 0 Å². The van der Waals surface area contributed by atoms with Crippen molar-refractivity contribution in [2.24, 2.45) is 0 Å². The van der Waals surface area contributed by atoms with Crippen molar-refractivity contribution in [2.45, 2.75) is 33.7 Å². The van der Waals surface area contributed by atoms with Crippen LogP contribution >= 0.6 is 11.8 Å². The van der Waals surface area contributed by atoms with Gasteiger partial charge in [0.2, 0.25) is 0 Å². The van der Waals surface area contributed by atoms with Crippen LogP contribution in [0.4, 0.5) is 0 Å². The number of allylic oxidation sites excluding steroid dienone is 1. The van der Waals surface area contributed by atoms with Crippen LogP contribution in [0.2, 0.25) is 0 Å². The Kier molecular flexibility index (Phi) is 7.72. The number of likely N-dealkylation sites (N-methyl/N-ethyl adjacent to an activating group) is 1. The summed E-state index contributed by atoms with van der Waals surface area (Å²) in [4.78, 5) is 0. The minimum absolute atomic E-state index is 0.560. The van der Waals surface area contributed by atoms with Crippen LogP contribution in [-0.4, -0.2) is 24.1 Å². The molecule has 0 fully saturated rings. The van der Waals surface area contributed by atoms with Gasteiger partial charge in [0, 0.05) is 11.8 Å². The molecule has 0 aliphatic carbocycles. The van der Waals surface area contributed by atoms with Gasteiger partial charge in [0.15, 0.2) is 0 Å². The molecule has 0 radical (unpaired) electrons. The lowest BCUT2D eigenvalue weighted by Gasteiger charge is -2.13. The van der Waals surface area contributed by atoms with Crippen molar-refractivity contribution < 1.29 is 0 Å². The second-order valence-corrected chi connectivity index (χ2v) is 4.39. The lowest BCUT2D eigenvalue weighted by molar-refractivity contribution is 0.665. The van der Waals surface area contributed by atoms with Crippen LogP contribution in [-0.2, 0) is 0 Å². The second kappa shape index (κ2) is 7.69. The number of nitrogens with one attached hydrogen (secondary N) is 1. The smallest absolute Gasteiger partial charge is 0.0343 e. The first kappa shape index (κ1) is 12.0. The van der Waals surface area contributed by atoms with Crippen molar-refractivity contribution in [1.29, 1.82) is 0 Å². The maximum atomic E-state index is 3.45. The summed E-state index contributed by atoms with van der Waals surface area (Å²) >= 11 is 1.99. The number of hydrogen-bond acceptors (Lipinski definition) is 2. The molecule has 72 valence electrons. The third kappa shape index (κ3) is 6.74. The first-order valence-electron chi connectivity index (χ1n) is 4.66. The van der Waals surface area contributed by atoms with Gasteiger partial charge in [-0.05, 0) is 26.1 Å². The zero-order valence-electron chi connectivity index (χ0n) is 8.68. The van der Waals surface area contributed by atoms with Crippen molar-refractivity contribution in [3.05, 3.63) is 11.6 Å². The zero-order valence-corrected chi connectivity index (χ0v) is 9.50. The molecule has 0 aliphatic heterocycles. The Morgan fingerprint density at radius 2 is 2.08 bits per heavy atom. The van der Waals surface area contributed by atoms with E-state index in [1.165, 1.54) is 17.1 Å². The van der Waals surface area contributed by atoms with Crippen LogP contribution in [0.1, 0.15) is 27.7 Å². The highest BCUT2D eigenvalue weighted by molar-refractivity contribution is 7.99. The average molecular weight is 187 g/mol. The van der Waals surface area contributed by atoms with Gasteiger partial charge in [0.05, 0.1) is 0 Å². The summed E-state index contributed by atoms with van der Waals surface area (Å²) in [5, 5.41) is 3.45. The monoisotopic (exact) mass is 187 g/mol. The Hall–Kier alpha value is 0.0500. The molecule has 0 rings (SSSR count). The standard InChI is InChI=1S/C10H21NS/c1-5-11-10(7-9(3)4)8-12-6-2/h7,10-11H,5-6,8H2,1-4H3. The van der Waals surface area contributed by atoms with Crippen molar-refractivity contribution in [1.82, 2.24) is 5.32 Å². The summed E-state index contributed by atoms with van der Waals surface area (Å²) in [7, 11) is 0. The van der Waals surface area contributed by atoms with Crippen LogP contribution in [0, 0.1) is 0 Å². The molecule has 1 N–H and O–H groups in total. The van der Waals surface area contributed by atoms with E-state index in [0.717, 1.165) is 6.54 Å². The van der Waals surface area contributed by atoms with Crippen LogP contribution in [0.15, 0.2) is 11.6 Å². The largest absolute Gasteiger partial charge is 0.310 e. The fraction of sp³-hybridized carbons (Fsp3) is 0.800. The first-order valence-corrected chi connectivity index (χ1v) is 5.82. The van der Waals surface area contributed by atoms with E-state index in [1.54, 1.807) is 0 Å². The highest BCUT2D eigenvalue weighted by atomic mass is 32.2. The molecule has 0 spiro atoms. The predicted octanol–water partition coefficient (Wildman–Crippen LogP) is 2.68. The van der Waals surface area contributed by atoms with E-state index in [-0.39, 0.29) is 0 Å². The molecule has 0 heterocycles. The van der Waals surface area contributed by atoms with Gasteiger partial charge in [0.25, 0.3) is 0 Å². The van der Waals surface area contributed by atoms with Crippen LogP contribution in [0.25, 0.3) is 0 Å². The van der Waals surface area contributed by atoms with Crippen molar-refractivity contribution >= 4 is 11.8 Å². The Labute approximate surface area is 81.0 Å². The maximum Gasteiger partial charge on any atom is 0.0343 e. The van der Waals surface area contributed by atoms with Gasteiger partial charge in [-0.1, -0.05) is 25.5 Å². The lowest BCUT2D eigenvalue weighted by atomic mass is 10.2. The molecule has 12 heavy (non-hydrogen) atoms. The van der Waals surface area contributed by atoms with Gasteiger partial charge in [-0.15, -0.1) is 0 Å². The molecule has 0 aromatic rings. The molecular formula is C10H21NS. The maximum absolute atomic E-state index is 3.45. The number of rotatable bonds is 6. The fourth-order valence-electron chi connectivity index (χ4n) is 1.08. The Balaban J connectivity index is 3.78. The molecule has 0 aromatic heterocycles. The Bertz CT molecular complexity index is 128. The SMILES string of the molecule is CCNC(C=C(C)C)CSCC. The average Bonchev–Trinajstić information content (AvgIpc) is 2.00. The van der Waals surface area contributed by atoms with Gasteiger partial charge < -0.3 is 5.32 Å². The van der Waals surface area contributed by atoms with Crippen molar-refractivity contribution in [3.8, 4) is 0 Å². The van der Waals surface area contributed by atoms with Gasteiger partial charge in [-0.25, -0.2) is 0 Å². The molecule has 1 nitrogen and oxygen atoms in total. The molecule has 1 unspecified atom stereocenters. The molecule has 0 bridgehead atoms. The molecular weight excluding hydrogens is 166 g/mol. The predicted molar refractivity (Wildman–Crippen MR) is 59.9 cm³/mol. The number of hydrogen-bond donors (Lipinski definition) is 1. The van der Waals surface area contributed by atoms with E-state index in [9.17, 15) is 0 Å². The minimum Gasteiger partial charge on any atom is -0.310 e. The summed E-state index contributed by atoms with van der Waals surface area (Å²) in [6.45, 7) is 9.72. The summed E-state index contributed by atoms with van der Waals surface area (Å²) in [5.74, 6) is 2.40. The topological polar surface area (TPSA) is 12.0 Å². The third-order valence-corrected chi connectivity index (χ3v) is 2.51. The van der Waals surface area contributed by atoms with E-state index < -0.39 is 0 Å². The van der Waals surface area contributed by atoms with E-state index in [1.807, 2.05) is 11.8 Å². The summed E-state index contributed by atoms with van der Waals surface area (Å²) < 4.78 is 0. The molecule has 0 aliphatic rings. The molecule has 0 saturated carbocycles. The van der Waals surface area contributed by atoms with Crippen LogP contribution in [0.3, 0.4) is 0 Å². The first-order chi connectivity index (χ1) is 5.70. The lowest BCUT2D eigenvalue weighted by Crippen LogP contribution is -2.29. The van der Waals surface area contributed by atoms with Gasteiger partial charge in [-0.2, -0.15) is 11.8 Å². The summed E-state index contributed by atoms with van der Waals surface area (Å²) in [6.07, 6.45) is 2.31. The van der Waals surface area contributed by atoms with E-state index >= 15 is 0 Å². The quantitative estimate of drug-likeness (QED) is 0.642. The molecule has 0 amide bonds. The van der Waals surface area contributed by atoms with Gasteiger partial charge in [-0.3, -0.25) is 0 Å². The van der Waals surface area contributed by atoms with Crippen LogP contribution in [0.5, 0.6) is 0 Å². The fourth-order valence-corrected chi connectivity index (χ4v) is 1.78. The van der Waals surface area contributed by atoms with E-state index in [2.05, 4.69) is 39.1 Å². The van der Waals surface area contributed by atoms with Crippen LogP contribution < -0.4 is 5.32 Å². The highest BCUT2D eigenvalue weighted by Crippen LogP contribution is 2.04. The van der Waals surface area contributed by atoms with Crippen molar-refractivity contribution in [2.75, 3.05) is 18.1 Å².